The number of hydrogen-bond acceptors (Lipinski definition) is 4. The number of Topliss-reactive ketones (excluding diaryl/α,β-unsaturated/α-hetero) is 1. The Kier molecular flexibility index (Phi) is 4.12. The van der Waals surface area contributed by atoms with Crippen molar-refractivity contribution < 1.29 is 19.0 Å². The predicted octanol–water partition coefficient (Wildman–Crippen LogP) is 1.68. The Morgan fingerprint density at radius 2 is 2.29 bits per heavy atom. The summed E-state index contributed by atoms with van der Waals surface area (Å²) in [4.78, 5) is 11.9. The van der Waals surface area contributed by atoms with Crippen molar-refractivity contribution in [1.82, 2.24) is 0 Å². The van der Waals surface area contributed by atoms with E-state index in [1.54, 1.807) is 19.2 Å². The first-order chi connectivity index (χ1) is 8.31. The van der Waals surface area contributed by atoms with Gasteiger partial charge in [-0.25, -0.2) is 0 Å². The van der Waals surface area contributed by atoms with Gasteiger partial charge in [-0.2, -0.15) is 0 Å². The summed E-state index contributed by atoms with van der Waals surface area (Å²) < 4.78 is 15.8. The van der Waals surface area contributed by atoms with Gasteiger partial charge in [0.2, 0.25) is 0 Å². The van der Waals surface area contributed by atoms with Crippen LogP contribution in [0.3, 0.4) is 0 Å². The minimum absolute atomic E-state index is 0.0497. The van der Waals surface area contributed by atoms with E-state index < -0.39 is 0 Å². The number of para-hydroxylation sites is 1. The molecular formula is C13H16O4. The Balaban J connectivity index is 1.94. The molecule has 1 aromatic carbocycles. The zero-order valence-corrected chi connectivity index (χ0v) is 9.85. The van der Waals surface area contributed by atoms with Gasteiger partial charge in [0.1, 0.15) is 12.4 Å². The van der Waals surface area contributed by atoms with Crippen molar-refractivity contribution in [3.63, 3.8) is 0 Å². The van der Waals surface area contributed by atoms with Gasteiger partial charge in [0.25, 0.3) is 0 Å². The third-order valence-corrected chi connectivity index (χ3v) is 2.75. The second-order valence-corrected chi connectivity index (χ2v) is 3.92. The molecule has 0 saturated carbocycles. The monoisotopic (exact) mass is 236 g/mol. The van der Waals surface area contributed by atoms with Crippen LogP contribution >= 0.6 is 0 Å². The third-order valence-electron chi connectivity index (χ3n) is 2.75. The Labute approximate surface area is 100 Å². The van der Waals surface area contributed by atoms with Crippen molar-refractivity contribution in [1.29, 1.82) is 0 Å². The summed E-state index contributed by atoms with van der Waals surface area (Å²) >= 11 is 0. The number of hydrogen-bond donors (Lipinski definition) is 0. The fraction of sp³-hybridized carbons (Fsp3) is 0.462. The van der Waals surface area contributed by atoms with E-state index in [1.807, 2.05) is 12.1 Å². The summed E-state index contributed by atoms with van der Waals surface area (Å²) in [6, 6.07) is 7.16. The molecule has 2 rings (SSSR count). The minimum atomic E-state index is -0.0608. The van der Waals surface area contributed by atoms with E-state index in [4.69, 9.17) is 14.2 Å². The second-order valence-electron chi connectivity index (χ2n) is 3.92. The Morgan fingerprint density at radius 3 is 3.00 bits per heavy atom. The first-order valence-corrected chi connectivity index (χ1v) is 5.67. The lowest BCUT2D eigenvalue weighted by molar-refractivity contribution is 0.0388. The van der Waals surface area contributed by atoms with Crippen LogP contribution in [0.4, 0.5) is 0 Å². The van der Waals surface area contributed by atoms with Crippen molar-refractivity contribution >= 4 is 5.78 Å². The van der Waals surface area contributed by atoms with Crippen LogP contribution in [0.15, 0.2) is 24.3 Å². The average Bonchev–Trinajstić information content (AvgIpc) is 2.89. The first-order valence-electron chi connectivity index (χ1n) is 5.67. The molecule has 1 aliphatic heterocycles. The molecule has 1 unspecified atom stereocenters. The first kappa shape index (κ1) is 12.1. The topological polar surface area (TPSA) is 44.8 Å². The van der Waals surface area contributed by atoms with E-state index in [1.165, 1.54) is 0 Å². The lowest BCUT2D eigenvalue weighted by Gasteiger charge is -2.10. The molecule has 1 atom stereocenters. The molecule has 1 aliphatic rings. The predicted molar refractivity (Wildman–Crippen MR) is 62.5 cm³/mol. The van der Waals surface area contributed by atoms with Crippen LogP contribution in [0.5, 0.6) is 5.75 Å². The smallest absolute Gasteiger partial charge is 0.192 e. The number of ether oxygens (including phenoxy) is 3. The van der Waals surface area contributed by atoms with E-state index in [-0.39, 0.29) is 18.5 Å². The summed E-state index contributed by atoms with van der Waals surface area (Å²) in [7, 11) is 1.55. The van der Waals surface area contributed by atoms with Gasteiger partial charge in [0.05, 0.1) is 25.4 Å². The number of carbonyl (C=O) groups is 1. The molecular weight excluding hydrogens is 220 g/mol. The van der Waals surface area contributed by atoms with E-state index in [9.17, 15) is 4.79 Å². The fourth-order valence-corrected chi connectivity index (χ4v) is 1.79. The van der Waals surface area contributed by atoms with Crippen molar-refractivity contribution in [3.8, 4) is 5.75 Å². The highest BCUT2D eigenvalue weighted by Crippen LogP contribution is 2.18. The quantitative estimate of drug-likeness (QED) is 0.730. The molecule has 4 heteroatoms. The maximum absolute atomic E-state index is 11.9. The van der Waals surface area contributed by atoms with Gasteiger partial charge in [-0.05, 0) is 18.6 Å². The van der Waals surface area contributed by atoms with Crippen molar-refractivity contribution in [2.45, 2.75) is 12.5 Å². The summed E-state index contributed by atoms with van der Waals surface area (Å²) in [6.45, 7) is 1.38. The SMILES string of the molecule is COc1ccccc1C(=O)COC1CCOC1. The molecule has 4 nitrogen and oxygen atoms in total. The zero-order chi connectivity index (χ0) is 12.1. The molecule has 0 spiro atoms. The molecule has 0 N–H and O–H groups in total. The Hall–Kier alpha value is -1.39. The lowest BCUT2D eigenvalue weighted by Crippen LogP contribution is -2.18. The molecule has 92 valence electrons. The standard InChI is InChI=1S/C13H16O4/c1-15-13-5-3-2-4-11(13)12(14)9-17-10-6-7-16-8-10/h2-5,10H,6-9H2,1H3. The molecule has 1 fully saturated rings. The van der Waals surface area contributed by atoms with Crippen molar-refractivity contribution in [3.05, 3.63) is 29.8 Å². The van der Waals surface area contributed by atoms with E-state index in [0.29, 0.717) is 24.5 Å². The summed E-state index contributed by atoms with van der Waals surface area (Å²) in [5.74, 6) is 0.526. The normalized spacial score (nSPS) is 19.2. The molecule has 0 radical (unpaired) electrons. The van der Waals surface area contributed by atoms with Crippen LogP contribution in [0.2, 0.25) is 0 Å². The van der Waals surface area contributed by atoms with E-state index >= 15 is 0 Å². The molecule has 1 heterocycles. The van der Waals surface area contributed by atoms with Gasteiger partial charge in [-0.1, -0.05) is 12.1 Å². The van der Waals surface area contributed by atoms with Gasteiger partial charge in [-0.15, -0.1) is 0 Å². The maximum Gasteiger partial charge on any atom is 0.192 e. The molecule has 17 heavy (non-hydrogen) atoms. The summed E-state index contributed by atoms with van der Waals surface area (Å²) in [5.41, 5.74) is 0.564. The van der Waals surface area contributed by atoms with Crippen LogP contribution in [-0.2, 0) is 9.47 Å². The molecule has 0 aliphatic carbocycles. The molecule has 1 aromatic rings. The maximum atomic E-state index is 11.9. The third kappa shape index (κ3) is 3.05. The van der Waals surface area contributed by atoms with Gasteiger partial charge in [0, 0.05) is 6.61 Å². The van der Waals surface area contributed by atoms with E-state index in [2.05, 4.69) is 0 Å². The van der Waals surface area contributed by atoms with Crippen molar-refractivity contribution in [2.75, 3.05) is 26.9 Å². The molecule has 0 aromatic heterocycles. The minimum Gasteiger partial charge on any atom is -0.496 e. The zero-order valence-electron chi connectivity index (χ0n) is 9.85. The highest BCUT2D eigenvalue weighted by atomic mass is 16.5. The number of benzene rings is 1. The largest absolute Gasteiger partial charge is 0.496 e. The second kappa shape index (κ2) is 5.80. The molecule has 0 amide bonds. The van der Waals surface area contributed by atoms with Crippen LogP contribution in [0.25, 0.3) is 0 Å². The molecule has 1 saturated heterocycles. The number of rotatable bonds is 5. The highest BCUT2D eigenvalue weighted by molar-refractivity contribution is 5.99. The number of ketones is 1. The van der Waals surface area contributed by atoms with Gasteiger partial charge >= 0.3 is 0 Å². The highest BCUT2D eigenvalue weighted by Gasteiger charge is 2.19. The summed E-state index contributed by atoms with van der Waals surface area (Å²) in [6.07, 6.45) is 0.910. The van der Waals surface area contributed by atoms with E-state index in [0.717, 1.165) is 6.42 Å². The summed E-state index contributed by atoms with van der Waals surface area (Å²) in [5, 5.41) is 0. The number of carbonyl (C=O) groups excluding carboxylic acids is 1. The van der Waals surface area contributed by atoms with Gasteiger partial charge in [-0.3, -0.25) is 4.79 Å². The van der Waals surface area contributed by atoms with Gasteiger partial charge < -0.3 is 14.2 Å². The van der Waals surface area contributed by atoms with Crippen LogP contribution in [0.1, 0.15) is 16.8 Å². The lowest BCUT2D eigenvalue weighted by atomic mass is 10.1. The van der Waals surface area contributed by atoms with Crippen LogP contribution in [0, 0.1) is 0 Å². The van der Waals surface area contributed by atoms with Crippen LogP contribution in [-0.4, -0.2) is 38.8 Å². The number of methoxy groups -OCH3 is 1. The average molecular weight is 236 g/mol. The van der Waals surface area contributed by atoms with Crippen molar-refractivity contribution in [2.24, 2.45) is 0 Å². The fourth-order valence-electron chi connectivity index (χ4n) is 1.79. The Bertz CT molecular complexity index is 383. The molecule has 0 bridgehead atoms. The van der Waals surface area contributed by atoms with Gasteiger partial charge in [0.15, 0.2) is 5.78 Å². The van der Waals surface area contributed by atoms with Crippen LogP contribution < -0.4 is 4.74 Å². The Morgan fingerprint density at radius 1 is 1.47 bits per heavy atom.